The van der Waals surface area contributed by atoms with Crippen molar-refractivity contribution < 1.29 is 8.60 Å². The molecule has 2 heterocycles. The van der Waals surface area contributed by atoms with Gasteiger partial charge in [-0.15, -0.1) is 0 Å². The lowest BCUT2D eigenvalue weighted by Crippen LogP contribution is -2.37. The van der Waals surface area contributed by atoms with Crippen LogP contribution in [0, 0.1) is 5.82 Å². The van der Waals surface area contributed by atoms with Crippen molar-refractivity contribution >= 4 is 22.5 Å². The number of fused-ring (bicyclic) bond motifs is 1. The maximum atomic E-state index is 15.1. The minimum absolute atomic E-state index is 0.321. The summed E-state index contributed by atoms with van der Waals surface area (Å²) in [6.45, 7) is 5.84. The number of anilines is 1. The van der Waals surface area contributed by atoms with Crippen LogP contribution in [-0.4, -0.2) is 19.1 Å². The molecule has 0 radical (unpaired) electrons. The highest BCUT2D eigenvalue weighted by Gasteiger charge is 2.19. The molecule has 0 aliphatic rings. The number of aromatic nitrogens is 2. The van der Waals surface area contributed by atoms with Crippen molar-refractivity contribution in [3.63, 3.8) is 0 Å². The van der Waals surface area contributed by atoms with Crippen molar-refractivity contribution in [1.82, 2.24) is 14.1 Å². The molecule has 0 saturated heterocycles. The molecular weight excluding hydrogens is 399 g/mol. The van der Waals surface area contributed by atoms with E-state index in [4.69, 9.17) is 5.73 Å². The van der Waals surface area contributed by atoms with E-state index in [0.29, 0.717) is 33.2 Å². The lowest BCUT2D eigenvalue weighted by molar-refractivity contribution is 0.519. The van der Waals surface area contributed by atoms with Gasteiger partial charge in [0.2, 0.25) is 0 Å². The molecule has 0 saturated carbocycles. The largest absolute Gasteiger partial charge is 0.385 e. The Morgan fingerprint density at radius 2 is 1.80 bits per heavy atom. The second-order valence-electron chi connectivity index (χ2n) is 8.12. The van der Waals surface area contributed by atoms with Crippen LogP contribution in [0.4, 0.5) is 10.2 Å². The fourth-order valence-corrected chi connectivity index (χ4v) is 4.51. The molecule has 5 nitrogen and oxygen atoms in total. The van der Waals surface area contributed by atoms with E-state index >= 15 is 4.39 Å². The molecule has 7 heteroatoms. The number of nitrogens with two attached hydrogens (primary N) is 1. The van der Waals surface area contributed by atoms with E-state index in [1.807, 2.05) is 57.2 Å². The van der Waals surface area contributed by atoms with Gasteiger partial charge in [-0.1, -0.05) is 30.3 Å². The van der Waals surface area contributed by atoms with E-state index in [-0.39, 0.29) is 5.54 Å². The Kier molecular flexibility index (Phi) is 5.17. The molecule has 2 aromatic heterocycles. The number of pyridine rings is 1. The van der Waals surface area contributed by atoms with Gasteiger partial charge in [-0.05, 0) is 62.2 Å². The highest BCUT2D eigenvalue weighted by atomic mass is 32.2. The van der Waals surface area contributed by atoms with Crippen LogP contribution in [0.3, 0.4) is 0 Å². The topological polar surface area (TPSA) is 72.4 Å². The molecule has 3 N–H and O–H groups in total. The van der Waals surface area contributed by atoms with Gasteiger partial charge in [0, 0.05) is 17.3 Å². The molecule has 0 spiro atoms. The Hall–Kier alpha value is -3.03. The summed E-state index contributed by atoms with van der Waals surface area (Å²) in [5.74, 6) is 0.130. The zero-order valence-corrected chi connectivity index (χ0v) is 17.8. The lowest BCUT2D eigenvalue weighted by Gasteiger charge is -2.20. The summed E-state index contributed by atoms with van der Waals surface area (Å²) >= 11 is 0. The third-order valence-corrected chi connectivity index (χ3v) is 6.12. The highest BCUT2D eigenvalue weighted by Crippen LogP contribution is 2.31. The normalized spacial score (nSPS) is 12.9. The summed E-state index contributed by atoms with van der Waals surface area (Å²) in [6, 6.07) is 17.7. The minimum Gasteiger partial charge on any atom is -0.385 e. The monoisotopic (exact) mass is 422 g/mol. The number of imidazole rings is 1. The minimum atomic E-state index is -1.43. The molecule has 1 atom stereocenters. The summed E-state index contributed by atoms with van der Waals surface area (Å²) in [5, 5.41) is 0. The molecule has 4 aromatic rings. The maximum Gasteiger partial charge on any atom is 0.139 e. The molecular formula is C23H23FN4OS. The molecule has 2 aromatic carbocycles. The van der Waals surface area contributed by atoms with Gasteiger partial charge in [0.25, 0.3) is 0 Å². The molecule has 0 fully saturated rings. The smallest absolute Gasteiger partial charge is 0.139 e. The Balaban J connectivity index is 1.74. The third-order valence-electron chi connectivity index (χ3n) is 4.57. The van der Waals surface area contributed by atoms with Crippen LogP contribution < -0.4 is 10.5 Å². The maximum absolute atomic E-state index is 15.1. The van der Waals surface area contributed by atoms with E-state index in [2.05, 4.69) is 9.71 Å². The Labute approximate surface area is 177 Å². The summed E-state index contributed by atoms with van der Waals surface area (Å²) in [6.07, 6.45) is 1.72. The molecule has 4 rings (SSSR count). The number of nitrogen functional groups attached to an aromatic ring is 1. The molecule has 30 heavy (non-hydrogen) atoms. The van der Waals surface area contributed by atoms with Gasteiger partial charge in [-0.25, -0.2) is 18.3 Å². The Bertz CT molecular complexity index is 1260. The fourth-order valence-electron chi connectivity index (χ4n) is 3.25. The zero-order chi connectivity index (χ0) is 21.5. The predicted molar refractivity (Wildman–Crippen MR) is 120 cm³/mol. The van der Waals surface area contributed by atoms with Crippen LogP contribution in [0.1, 0.15) is 20.8 Å². The van der Waals surface area contributed by atoms with E-state index in [1.54, 1.807) is 28.8 Å². The van der Waals surface area contributed by atoms with Crippen LogP contribution in [0.15, 0.2) is 71.8 Å². The number of benzene rings is 2. The molecule has 1 unspecified atom stereocenters. The van der Waals surface area contributed by atoms with E-state index in [9.17, 15) is 4.21 Å². The Morgan fingerprint density at radius 3 is 2.50 bits per heavy atom. The summed E-state index contributed by atoms with van der Waals surface area (Å²) in [4.78, 5) is 5.09. The number of halogens is 1. The average molecular weight is 423 g/mol. The van der Waals surface area contributed by atoms with Crippen LogP contribution in [0.25, 0.3) is 28.0 Å². The van der Waals surface area contributed by atoms with Crippen molar-refractivity contribution in [2.75, 3.05) is 5.73 Å². The Morgan fingerprint density at radius 1 is 1.03 bits per heavy atom. The first kappa shape index (κ1) is 20.3. The predicted octanol–water partition coefficient (Wildman–Crippen LogP) is 4.80. The van der Waals surface area contributed by atoms with Gasteiger partial charge in [-0.2, -0.15) is 0 Å². The second-order valence-corrected chi connectivity index (χ2v) is 9.30. The standard InChI is InChI=1S/C23H23FN4OS/c1-23(2,3)27-30(29)20-8-5-4-7-16(20)15-11-12-17(18(24)13-15)19-14-28-21(25)9-6-10-22(28)26-19/h4-14,27H,25H2,1-3H3. The number of hydrogen-bond acceptors (Lipinski definition) is 3. The first-order valence-electron chi connectivity index (χ1n) is 9.55. The fraction of sp³-hybridized carbons (Fsp3) is 0.174. The van der Waals surface area contributed by atoms with Gasteiger partial charge in [-0.3, -0.25) is 4.40 Å². The molecule has 0 bridgehead atoms. The van der Waals surface area contributed by atoms with Crippen molar-refractivity contribution in [1.29, 1.82) is 0 Å². The SMILES string of the molecule is CC(C)(C)NS(=O)c1ccccc1-c1ccc(-c2cn3c(N)cccc3n2)c(F)c1. The van der Waals surface area contributed by atoms with Gasteiger partial charge >= 0.3 is 0 Å². The van der Waals surface area contributed by atoms with Crippen molar-refractivity contribution in [3.05, 3.63) is 72.7 Å². The van der Waals surface area contributed by atoms with Crippen LogP contribution in [0.2, 0.25) is 0 Å². The number of nitrogens with zero attached hydrogens (tertiary/aromatic N) is 2. The first-order valence-corrected chi connectivity index (χ1v) is 10.7. The van der Waals surface area contributed by atoms with Gasteiger partial charge < -0.3 is 5.73 Å². The highest BCUT2D eigenvalue weighted by molar-refractivity contribution is 7.83. The molecule has 0 aliphatic heterocycles. The van der Waals surface area contributed by atoms with Crippen molar-refractivity contribution in [2.45, 2.75) is 31.2 Å². The van der Waals surface area contributed by atoms with Gasteiger partial charge in [0.1, 0.15) is 28.3 Å². The first-order chi connectivity index (χ1) is 14.2. The van der Waals surface area contributed by atoms with E-state index in [1.165, 1.54) is 6.07 Å². The summed E-state index contributed by atoms with van der Waals surface area (Å²) in [7, 11) is -1.43. The third kappa shape index (κ3) is 3.99. The van der Waals surface area contributed by atoms with Gasteiger partial charge in [0.15, 0.2) is 0 Å². The second kappa shape index (κ2) is 7.66. The summed E-state index contributed by atoms with van der Waals surface area (Å²) in [5.41, 5.74) is 8.56. The van der Waals surface area contributed by atoms with Crippen LogP contribution in [-0.2, 0) is 11.0 Å². The summed E-state index contributed by atoms with van der Waals surface area (Å²) < 4.78 is 32.7. The average Bonchev–Trinajstić information content (AvgIpc) is 3.12. The quantitative estimate of drug-likeness (QED) is 0.496. The van der Waals surface area contributed by atoms with Crippen molar-refractivity contribution in [2.24, 2.45) is 0 Å². The number of rotatable bonds is 4. The number of nitrogens with one attached hydrogen (secondary N) is 1. The van der Waals surface area contributed by atoms with Crippen molar-refractivity contribution in [3.8, 4) is 22.4 Å². The number of hydrogen-bond donors (Lipinski definition) is 2. The zero-order valence-electron chi connectivity index (χ0n) is 17.0. The van der Waals surface area contributed by atoms with Crippen LogP contribution >= 0.6 is 0 Å². The van der Waals surface area contributed by atoms with Crippen LogP contribution in [0.5, 0.6) is 0 Å². The van der Waals surface area contributed by atoms with Gasteiger partial charge in [0.05, 0.1) is 10.6 Å². The molecule has 0 aliphatic carbocycles. The molecule has 154 valence electrons. The van der Waals surface area contributed by atoms with E-state index < -0.39 is 16.8 Å². The van der Waals surface area contributed by atoms with E-state index in [0.717, 1.165) is 5.56 Å². The molecule has 0 amide bonds. The lowest BCUT2D eigenvalue weighted by atomic mass is 10.0.